The summed E-state index contributed by atoms with van der Waals surface area (Å²) >= 11 is 1.09. The Hall–Kier alpha value is -2.81. The monoisotopic (exact) mass is 406 g/mol. The molecule has 28 heavy (non-hydrogen) atoms. The Bertz CT molecular complexity index is 911. The molecule has 0 saturated heterocycles. The summed E-state index contributed by atoms with van der Waals surface area (Å²) in [7, 11) is 0. The maximum absolute atomic E-state index is 12.5. The average molecular weight is 406 g/mol. The topological polar surface area (TPSA) is 59.8 Å². The molecule has 0 fully saturated rings. The molecule has 0 unspecified atom stereocenters. The van der Waals surface area contributed by atoms with Crippen LogP contribution in [0.5, 0.6) is 0 Å². The molecule has 2 aromatic heterocycles. The molecule has 0 atom stereocenters. The van der Waals surface area contributed by atoms with Gasteiger partial charge in [-0.15, -0.1) is 0 Å². The quantitative estimate of drug-likeness (QED) is 0.608. The van der Waals surface area contributed by atoms with Gasteiger partial charge in [-0.05, 0) is 30.3 Å². The van der Waals surface area contributed by atoms with Gasteiger partial charge < -0.3 is 5.32 Å². The lowest BCUT2D eigenvalue weighted by molar-refractivity contribution is -0.137. The summed E-state index contributed by atoms with van der Waals surface area (Å²) in [4.78, 5) is 15.6. The van der Waals surface area contributed by atoms with Gasteiger partial charge >= 0.3 is 6.18 Å². The molecule has 9 heteroatoms. The summed E-state index contributed by atoms with van der Waals surface area (Å²) in [5.74, 6) is -0.134. The second-order valence-corrected chi connectivity index (χ2v) is 6.85. The number of thioether (sulfide) groups is 1. The number of alkyl halides is 3. The summed E-state index contributed by atoms with van der Waals surface area (Å²) in [6, 6.07) is 13.8. The average Bonchev–Trinajstić information content (AvgIpc) is 3.16. The number of pyridine rings is 1. The summed E-state index contributed by atoms with van der Waals surface area (Å²) in [5, 5.41) is 7.59. The van der Waals surface area contributed by atoms with E-state index in [1.165, 1.54) is 6.07 Å². The number of nitrogens with zero attached hydrogens (tertiary/aromatic N) is 3. The van der Waals surface area contributed by atoms with Gasteiger partial charge in [0.1, 0.15) is 0 Å². The minimum Gasteiger partial charge on any atom is -0.355 e. The van der Waals surface area contributed by atoms with Crippen LogP contribution in [0.4, 0.5) is 13.2 Å². The summed E-state index contributed by atoms with van der Waals surface area (Å²) in [5.41, 5.74) is 0.996. The molecule has 0 aliphatic carbocycles. The molecule has 0 aliphatic heterocycles. The van der Waals surface area contributed by atoms with Gasteiger partial charge in [0.05, 0.1) is 27.7 Å². The van der Waals surface area contributed by atoms with Crippen molar-refractivity contribution in [2.45, 2.75) is 17.6 Å². The Morgan fingerprint density at radius 1 is 1.11 bits per heavy atom. The number of rotatable bonds is 7. The van der Waals surface area contributed by atoms with Crippen molar-refractivity contribution in [3.63, 3.8) is 0 Å². The van der Waals surface area contributed by atoms with Crippen LogP contribution in [-0.4, -0.2) is 33.0 Å². The first kappa shape index (κ1) is 19.9. The van der Waals surface area contributed by atoms with Crippen LogP contribution in [0.3, 0.4) is 0 Å². The standard InChI is InChI=1S/C19H17F3N4OS/c20-19(21,22)14-6-7-18(24-12-14)28-13-17(27)23-10-8-15-9-11-26(25-15)16-4-2-1-3-5-16/h1-7,9,11-12H,8,10,13H2,(H,23,27). The van der Waals surface area contributed by atoms with Crippen LogP contribution in [0.1, 0.15) is 11.3 Å². The summed E-state index contributed by atoms with van der Waals surface area (Å²) in [6.07, 6.45) is -1.21. The van der Waals surface area contributed by atoms with E-state index >= 15 is 0 Å². The Labute approximate surface area is 164 Å². The fraction of sp³-hybridized carbons (Fsp3) is 0.211. The molecule has 1 amide bonds. The second kappa shape index (κ2) is 8.92. The first-order chi connectivity index (χ1) is 13.4. The number of carbonyl (C=O) groups is 1. The number of nitrogens with one attached hydrogen (secondary N) is 1. The molecule has 0 bridgehead atoms. The largest absolute Gasteiger partial charge is 0.417 e. The Kier molecular flexibility index (Phi) is 6.35. The van der Waals surface area contributed by atoms with Crippen LogP contribution in [0.25, 0.3) is 5.69 Å². The second-order valence-electron chi connectivity index (χ2n) is 5.86. The molecular weight excluding hydrogens is 389 g/mol. The van der Waals surface area contributed by atoms with Crippen molar-refractivity contribution < 1.29 is 18.0 Å². The number of hydrogen-bond donors (Lipinski definition) is 1. The first-order valence-electron chi connectivity index (χ1n) is 8.44. The molecular formula is C19H17F3N4OS. The maximum atomic E-state index is 12.5. The highest BCUT2D eigenvalue weighted by molar-refractivity contribution is 7.99. The fourth-order valence-corrected chi connectivity index (χ4v) is 3.05. The van der Waals surface area contributed by atoms with E-state index in [0.717, 1.165) is 35.4 Å². The molecule has 0 saturated carbocycles. The highest BCUT2D eigenvalue weighted by Crippen LogP contribution is 2.29. The molecule has 0 radical (unpaired) electrons. The molecule has 1 aromatic carbocycles. The van der Waals surface area contributed by atoms with E-state index in [1.807, 2.05) is 42.6 Å². The van der Waals surface area contributed by atoms with Crippen molar-refractivity contribution >= 4 is 17.7 Å². The number of aromatic nitrogens is 3. The van der Waals surface area contributed by atoms with Crippen LogP contribution in [-0.2, 0) is 17.4 Å². The third-order valence-corrected chi connectivity index (χ3v) is 4.73. The highest BCUT2D eigenvalue weighted by atomic mass is 32.2. The van der Waals surface area contributed by atoms with Gasteiger partial charge in [0.25, 0.3) is 0 Å². The maximum Gasteiger partial charge on any atom is 0.417 e. The van der Waals surface area contributed by atoms with Crippen LogP contribution in [0, 0.1) is 0 Å². The van der Waals surface area contributed by atoms with Crippen molar-refractivity contribution in [1.82, 2.24) is 20.1 Å². The number of para-hydroxylation sites is 1. The van der Waals surface area contributed by atoms with Gasteiger partial charge in [-0.2, -0.15) is 18.3 Å². The zero-order valence-electron chi connectivity index (χ0n) is 14.7. The Balaban J connectivity index is 1.41. The number of carbonyl (C=O) groups excluding carboxylic acids is 1. The number of hydrogen-bond acceptors (Lipinski definition) is 4. The zero-order valence-corrected chi connectivity index (χ0v) is 15.5. The van der Waals surface area contributed by atoms with E-state index in [1.54, 1.807) is 4.68 Å². The molecule has 5 nitrogen and oxygen atoms in total. The van der Waals surface area contributed by atoms with Gasteiger partial charge in [0.2, 0.25) is 5.91 Å². The summed E-state index contributed by atoms with van der Waals surface area (Å²) < 4.78 is 39.2. The minimum absolute atomic E-state index is 0.0802. The van der Waals surface area contributed by atoms with Gasteiger partial charge in [-0.1, -0.05) is 30.0 Å². The fourth-order valence-electron chi connectivity index (χ4n) is 2.37. The van der Waals surface area contributed by atoms with Crippen LogP contribution in [0.15, 0.2) is 66.0 Å². The van der Waals surface area contributed by atoms with E-state index in [2.05, 4.69) is 15.4 Å². The van der Waals surface area contributed by atoms with Crippen LogP contribution >= 0.6 is 11.8 Å². The lowest BCUT2D eigenvalue weighted by Crippen LogP contribution is -2.27. The highest BCUT2D eigenvalue weighted by Gasteiger charge is 2.30. The van der Waals surface area contributed by atoms with Gasteiger partial charge in [0, 0.05) is 25.4 Å². The van der Waals surface area contributed by atoms with E-state index in [9.17, 15) is 18.0 Å². The summed E-state index contributed by atoms with van der Waals surface area (Å²) in [6.45, 7) is 0.422. The zero-order chi connectivity index (χ0) is 20.0. The minimum atomic E-state index is -4.42. The van der Waals surface area contributed by atoms with Crippen LogP contribution in [0.2, 0.25) is 0 Å². The predicted molar refractivity (Wildman–Crippen MR) is 100 cm³/mol. The molecule has 2 heterocycles. The van der Waals surface area contributed by atoms with Gasteiger partial charge in [-0.3, -0.25) is 4.79 Å². The lowest BCUT2D eigenvalue weighted by Gasteiger charge is -2.07. The lowest BCUT2D eigenvalue weighted by atomic mass is 10.3. The third-order valence-electron chi connectivity index (χ3n) is 3.78. The smallest absolute Gasteiger partial charge is 0.355 e. The predicted octanol–water partition coefficient (Wildman–Crippen LogP) is 3.74. The third kappa shape index (κ3) is 5.59. The van der Waals surface area contributed by atoms with Crippen molar-refractivity contribution in [2.24, 2.45) is 0 Å². The molecule has 0 aliphatic rings. The molecule has 0 spiro atoms. The van der Waals surface area contributed by atoms with Gasteiger partial charge in [0.15, 0.2) is 0 Å². The van der Waals surface area contributed by atoms with E-state index in [0.29, 0.717) is 18.0 Å². The van der Waals surface area contributed by atoms with E-state index in [-0.39, 0.29) is 11.7 Å². The van der Waals surface area contributed by atoms with Crippen molar-refractivity contribution in [3.8, 4) is 5.69 Å². The molecule has 3 rings (SSSR count). The van der Waals surface area contributed by atoms with E-state index in [4.69, 9.17) is 0 Å². The molecule has 146 valence electrons. The van der Waals surface area contributed by atoms with Crippen molar-refractivity contribution in [3.05, 3.63) is 72.2 Å². The molecule has 3 aromatic rings. The van der Waals surface area contributed by atoms with Gasteiger partial charge in [-0.25, -0.2) is 9.67 Å². The SMILES string of the molecule is O=C(CSc1ccc(C(F)(F)F)cn1)NCCc1ccn(-c2ccccc2)n1. The van der Waals surface area contributed by atoms with E-state index < -0.39 is 11.7 Å². The normalized spacial score (nSPS) is 11.4. The number of amides is 1. The van der Waals surface area contributed by atoms with Crippen molar-refractivity contribution in [2.75, 3.05) is 12.3 Å². The Morgan fingerprint density at radius 3 is 2.57 bits per heavy atom. The number of halogens is 3. The number of benzene rings is 1. The van der Waals surface area contributed by atoms with Crippen LogP contribution < -0.4 is 5.32 Å². The Morgan fingerprint density at radius 2 is 1.89 bits per heavy atom. The first-order valence-corrected chi connectivity index (χ1v) is 9.43. The van der Waals surface area contributed by atoms with Crippen molar-refractivity contribution in [1.29, 1.82) is 0 Å². The molecule has 1 N–H and O–H groups in total.